The summed E-state index contributed by atoms with van der Waals surface area (Å²) in [5, 5.41) is 14.2. The maximum Gasteiger partial charge on any atom is 0.335 e. The molecular weight excluding hydrogens is 431 g/mol. The van der Waals surface area contributed by atoms with E-state index in [1.165, 1.54) is 48.2 Å². The van der Waals surface area contributed by atoms with E-state index in [4.69, 9.17) is 5.11 Å². The molecule has 3 aromatic carbocycles. The minimum atomic E-state index is -1.07. The number of hydrogen-bond donors (Lipinski definition) is 3. The summed E-state index contributed by atoms with van der Waals surface area (Å²) in [5.74, 6) is -2.10. The number of hydrogen-bond acceptors (Lipinski definition) is 4. The van der Waals surface area contributed by atoms with Crippen molar-refractivity contribution in [3.63, 3.8) is 0 Å². The van der Waals surface area contributed by atoms with Gasteiger partial charge in [0.1, 0.15) is 5.82 Å². The second-order valence-electron chi connectivity index (χ2n) is 6.88. The first kappa shape index (κ1) is 23.0. The third-order valence-electron chi connectivity index (χ3n) is 4.52. The molecule has 0 aliphatic heterocycles. The highest BCUT2D eigenvalue weighted by Crippen LogP contribution is 2.29. The zero-order chi connectivity index (χ0) is 23.1. The van der Waals surface area contributed by atoms with E-state index in [2.05, 4.69) is 10.6 Å². The summed E-state index contributed by atoms with van der Waals surface area (Å²) >= 11 is 1.34. The van der Waals surface area contributed by atoms with Crippen molar-refractivity contribution >= 4 is 40.9 Å². The van der Waals surface area contributed by atoms with Crippen LogP contribution in [0.1, 0.15) is 34.1 Å². The second-order valence-corrected chi connectivity index (χ2v) is 8.15. The number of anilines is 2. The molecule has 3 rings (SSSR count). The van der Waals surface area contributed by atoms with Crippen LogP contribution in [0.2, 0.25) is 0 Å². The molecule has 0 saturated carbocycles. The van der Waals surface area contributed by atoms with Crippen molar-refractivity contribution in [1.29, 1.82) is 0 Å². The van der Waals surface area contributed by atoms with Gasteiger partial charge in [-0.15, -0.1) is 11.8 Å². The molecule has 0 radical (unpaired) electrons. The lowest BCUT2D eigenvalue weighted by atomic mass is 10.2. The molecule has 0 heterocycles. The summed E-state index contributed by atoms with van der Waals surface area (Å²) < 4.78 is 13.0. The van der Waals surface area contributed by atoms with Crippen LogP contribution in [0.15, 0.2) is 77.7 Å². The van der Waals surface area contributed by atoms with E-state index < -0.39 is 17.0 Å². The largest absolute Gasteiger partial charge is 0.478 e. The van der Waals surface area contributed by atoms with Gasteiger partial charge in [0.2, 0.25) is 5.91 Å². The second kappa shape index (κ2) is 10.6. The predicted molar refractivity (Wildman–Crippen MR) is 123 cm³/mol. The van der Waals surface area contributed by atoms with Crippen LogP contribution >= 0.6 is 11.8 Å². The SMILES string of the molecule is CCC(Sc1cccc(NC(=O)c2ccc(F)cc2)c1)C(=O)Nc1cccc(C(=O)O)c1. The Hall–Kier alpha value is -3.65. The van der Waals surface area contributed by atoms with Crippen molar-refractivity contribution in [3.8, 4) is 0 Å². The van der Waals surface area contributed by atoms with Crippen molar-refractivity contribution < 1.29 is 23.9 Å². The van der Waals surface area contributed by atoms with Gasteiger partial charge in [0.15, 0.2) is 0 Å². The van der Waals surface area contributed by atoms with Gasteiger partial charge in [0, 0.05) is 21.8 Å². The highest BCUT2D eigenvalue weighted by molar-refractivity contribution is 8.00. The first-order valence-electron chi connectivity index (χ1n) is 9.83. The van der Waals surface area contributed by atoms with Gasteiger partial charge in [-0.1, -0.05) is 19.1 Å². The number of rotatable bonds is 8. The minimum absolute atomic E-state index is 0.0908. The maximum absolute atomic E-state index is 13.0. The fourth-order valence-corrected chi connectivity index (χ4v) is 3.90. The quantitative estimate of drug-likeness (QED) is 0.404. The number of halogens is 1. The molecule has 164 valence electrons. The van der Waals surface area contributed by atoms with Crippen molar-refractivity contribution in [1.82, 2.24) is 0 Å². The number of carboxylic acid groups (broad SMARTS) is 1. The summed E-state index contributed by atoms with van der Waals surface area (Å²) in [7, 11) is 0. The number of carbonyl (C=O) groups excluding carboxylic acids is 2. The summed E-state index contributed by atoms with van der Waals surface area (Å²) in [6, 6.07) is 18.4. The summed E-state index contributed by atoms with van der Waals surface area (Å²) in [6.07, 6.45) is 0.543. The van der Waals surface area contributed by atoms with Gasteiger partial charge >= 0.3 is 5.97 Å². The van der Waals surface area contributed by atoms with Crippen molar-refractivity contribution in [2.45, 2.75) is 23.5 Å². The van der Waals surface area contributed by atoms with Gasteiger partial charge < -0.3 is 15.7 Å². The van der Waals surface area contributed by atoms with Crippen LogP contribution in [0.4, 0.5) is 15.8 Å². The number of nitrogens with one attached hydrogen (secondary N) is 2. The lowest BCUT2D eigenvalue weighted by Gasteiger charge is -2.16. The highest BCUT2D eigenvalue weighted by atomic mass is 32.2. The van der Waals surface area contributed by atoms with Crippen LogP contribution in [0.25, 0.3) is 0 Å². The number of aromatic carboxylic acids is 1. The highest BCUT2D eigenvalue weighted by Gasteiger charge is 2.19. The van der Waals surface area contributed by atoms with Gasteiger partial charge in [0.05, 0.1) is 10.8 Å². The van der Waals surface area contributed by atoms with Gasteiger partial charge in [-0.25, -0.2) is 9.18 Å². The Kier molecular flexibility index (Phi) is 7.62. The van der Waals surface area contributed by atoms with E-state index in [1.807, 2.05) is 13.0 Å². The molecule has 0 spiro atoms. The zero-order valence-electron chi connectivity index (χ0n) is 17.2. The summed E-state index contributed by atoms with van der Waals surface area (Å²) in [6.45, 7) is 1.88. The lowest BCUT2D eigenvalue weighted by molar-refractivity contribution is -0.115. The number of amides is 2. The normalized spacial score (nSPS) is 11.4. The number of carbonyl (C=O) groups is 3. The smallest absolute Gasteiger partial charge is 0.335 e. The van der Waals surface area contributed by atoms with Gasteiger partial charge in [-0.2, -0.15) is 0 Å². The minimum Gasteiger partial charge on any atom is -0.478 e. The first-order valence-corrected chi connectivity index (χ1v) is 10.7. The molecule has 0 saturated heterocycles. The molecule has 32 heavy (non-hydrogen) atoms. The average molecular weight is 453 g/mol. The van der Waals surface area contributed by atoms with Gasteiger partial charge in [-0.05, 0) is 67.1 Å². The standard InChI is InChI=1S/C24H21FN2O4S/c1-2-21(23(29)27-18-6-3-5-16(13-18)24(30)31)32-20-8-4-7-19(14-20)26-22(28)15-9-11-17(25)12-10-15/h3-14,21H,2H2,1H3,(H,26,28)(H,27,29)(H,30,31). The van der Waals surface area contributed by atoms with E-state index in [0.29, 0.717) is 23.4 Å². The van der Waals surface area contributed by atoms with Crippen LogP contribution < -0.4 is 10.6 Å². The fraction of sp³-hybridized carbons (Fsp3) is 0.125. The first-order chi connectivity index (χ1) is 15.4. The maximum atomic E-state index is 13.0. The van der Waals surface area contributed by atoms with Crippen LogP contribution in [0, 0.1) is 5.82 Å². The predicted octanol–water partition coefficient (Wildman–Crippen LogP) is 5.29. The van der Waals surface area contributed by atoms with E-state index in [9.17, 15) is 18.8 Å². The summed E-state index contributed by atoms with van der Waals surface area (Å²) in [4.78, 5) is 37.0. The zero-order valence-corrected chi connectivity index (χ0v) is 18.0. The van der Waals surface area contributed by atoms with Crippen LogP contribution in [-0.2, 0) is 4.79 Å². The van der Waals surface area contributed by atoms with Crippen molar-refractivity contribution in [3.05, 3.63) is 89.7 Å². The molecule has 0 aliphatic rings. The molecule has 6 nitrogen and oxygen atoms in total. The molecule has 2 amide bonds. The van der Waals surface area contributed by atoms with Crippen LogP contribution in [0.5, 0.6) is 0 Å². The average Bonchev–Trinajstić information content (AvgIpc) is 2.78. The number of thioether (sulfide) groups is 1. The van der Waals surface area contributed by atoms with E-state index in [-0.39, 0.29) is 17.4 Å². The monoisotopic (exact) mass is 452 g/mol. The molecule has 1 atom stereocenters. The van der Waals surface area contributed by atoms with Crippen LogP contribution in [0.3, 0.4) is 0 Å². The van der Waals surface area contributed by atoms with Gasteiger partial charge in [0.25, 0.3) is 5.91 Å². The molecule has 0 bridgehead atoms. The van der Waals surface area contributed by atoms with Crippen LogP contribution in [-0.4, -0.2) is 28.1 Å². The Morgan fingerprint density at radius 2 is 1.56 bits per heavy atom. The lowest BCUT2D eigenvalue weighted by Crippen LogP contribution is -2.24. The molecule has 0 aliphatic carbocycles. The molecule has 3 aromatic rings. The van der Waals surface area contributed by atoms with Crippen molar-refractivity contribution in [2.24, 2.45) is 0 Å². The molecule has 8 heteroatoms. The Morgan fingerprint density at radius 1 is 0.906 bits per heavy atom. The van der Waals surface area contributed by atoms with E-state index in [0.717, 1.165) is 4.90 Å². The third-order valence-corrected chi connectivity index (χ3v) is 5.87. The Bertz CT molecular complexity index is 1130. The fourth-order valence-electron chi connectivity index (χ4n) is 2.89. The topological polar surface area (TPSA) is 95.5 Å². The third kappa shape index (κ3) is 6.18. The molecule has 3 N–H and O–H groups in total. The Morgan fingerprint density at radius 3 is 2.22 bits per heavy atom. The van der Waals surface area contributed by atoms with E-state index >= 15 is 0 Å². The number of carboxylic acids is 1. The van der Waals surface area contributed by atoms with Gasteiger partial charge in [-0.3, -0.25) is 9.59 Å². The van der Waals surface area contributed by atoms with Crippen molar-refractivity contribution in [2.75, 3.05) is 10.6 Å². The van der Waals surface area contributed by atoms with E-state index in [1.54, 1.807) is 30.3 Å². The Balaban J connectivity index is 1.66. The molecule has 0 fully saturated rings. The Labute approximate surface area is 188 Å². The molecule has 0 aromatic heterocycles. The molecular formula is C24H21FN2O4S. The number of benzene rings is 3. The summed E-state index contributed by atoms with van der Waals surface area (Å²) in [5.41, 5.74) is 1.38. The molecule has 1 unspecified atom stereocenters.